The van der Waals surface area contributed by atoms with Gasteiger partial charge in [0.15, 0.2) is 0 Å². The van der Waals surface area contributed by atoms with Gasteiger partial charge in [0.1, 0.15) is 5.75 Å². The lowest BCUT2D eigenvalue weighted by atomic mass is 9.83. The fourth-order valence-corrected chi connectivity index (χ4v) is 3.81. The minimum absolute atomic E-state index is 0. The molecule has 0 aliphatic carbocycles. The lowest BCUT2D eigenvalue weighted by Crippen LogP contribution is -2.47. The van der Waals surface area contributed by atoms with Crippen molar-refractivity contribution in [2.75, 3.05) is 45.1 Å². The molecule has 2 heterocycles. The molecule has 1 atom stereocenters. The molecule has 7 heteroatoms. The van der Waals surface area contributed by atoms with E-state index < -0.39 is 0 Å². The number of hydrogen-bond donors (Lipinski definition) is 3. The van der Waals surface area contributed by atoms with Crippen molar-refractivity contribution in [2.45, 2.75) is 25.8 Å². The molecule has 0 spiro atoms. The number of benzene rings is 1. The van der Waals surface area contributed by atoms with E-state index in [0.717, 1.165) is 63.4 Å². The van der Waals surface area contributed by atoms with Crippen molar-refractivity contribution in [1.82, 2.24) is 10.2 Å². The second-order valence-electron chi connectivity index (χ2n) is 6.41. The van der Waals surface area contributed by atoms with E-state index in [0.29, 0.717) is 11.6 Å². The van der Waals surface area contributed by atoms with Gasteiger partial charge in [0.2, 0.25) is 0 Å². The van der Waals surface area contributed by atoms with E-state index in [1.807, 2.05) is 6.07 Å². The number of aromatic hydroxyl groups is 1. The predicted octanol–water partition coefficient (Wildman–Crippen LogP) is 2.50. The van der Waals surface area contributed by atoms with E-state index >= 15 is 0 Å². The molecule has 0 amide bonds. The lowest BCUT2D eigenvalue weighted by Gasteiger charge is -2.42. The first-order chi connectivity index (χ1) is 10.7. The highest BCUT2D eigenvalue weighted by molar-refractivity contribution is 5.85. The Hall–Kier alpha value is -0.720. The molecule has 1 aromatic rings. The molecule has 0 saturated carbocycles. The molecule has 2 fully saturated rings. The lowest BCUT2D eigenvalue weighted by molar-refractivity contribution is 0.0205. The fourth-order valence-electron chi connectivity index (χ4n) is 3.81. The Morgan fingerprint density at radius 3 is 2.46 bits per heavy atom. The smallest absolute Gasteiger partial charge is 0.143 e. The van der Waals surface area contributed by atoms with Gasteiger partial charge in [-0.3, -0.25) is 4.90 Å². The second-order valence-corrected chi connectivity index (χ2v) is 6.41. The molecule has 0 aromatic heterocycles. The number of nitrogen functional groups attached to an aromatic ring is 1. The van der Waals surface area contributed by atoms with Crippen LogP contribution in [0.5, 0.6) is 5.75 Å². The number of phenols is 1. The summed E-state index contributed by atoms with van der Waals surface area (Å²) < 4.78 is 5.54. The van der Waals surface area contributed by atoms with Gasteiger partial charge in [0.25, 0.3) is 0 Å². The molecule has 0 radical (unpaired) electrons. The van der Waals surface area contributed by atoms with Crippen LogP contribution in [0.15, 0.2) is 12.1 Å². The third-order valence-corrected chi connectivity index (χ3v) is 5.02. The maximum absolute atomic E-state index is 10.6. The standard InChI is InChI=1S/C17H27N3O2.2ClH/c1-12-2-3-14(18)17(21)15(12)16(13-4-10-22-11-5-13)20-8-6-19-7-9-20;;/h2-3,13,16,19,21H,4-11,18H2,1H3;2*1H/t16-;;/m1../s1. The number of rotatable bonds is 3. The van der Waals surface area contributed by atoms with Crippen LogP contribution in [0.25, 0.3) is 0 Å². The number of halogens is 2. The molecule has 2 saturated heterocycles. The Labute approximate surface area is 156 Å². The normalized spacial score (nSPS) is 20.7. The Morgan fingerprint density at radius 2 is 1.83 bits per heavy atom. The molecule has 4 N–H and O–H groups in total. The number of aryl methyl sites for hydroxylation is 1. The van der Waals surface area contributed by atoms with Crippen LogP contribution >= 0.6 is 24.8 Å². The molecular weight excluding hydrogens is 349 g/mol. The first-order valence-electron chi connectivity index (χ1n) is 8.29. The second kappa shape index (κ2) is 9.68. The first-order valence-corrected chi connectivity index (χ1v) is 8.29. The number of piperazine rings is 1. The van der Waals surface area contributed by atoms with Gasteiger partial charge < -0.3 is 20.9 Å². The summed E-state index contributed by atoms with van der Waals surface area (Å²) in [4.78, 5) is 2.51. The van der Waals surface area contributed by atoms with Crippen LogP contribution in [0.1, 0.15) is 30.0 Å². The Morgan fingerprint density at radius 1 is 1.21 bits per heavy atom. The Kier molecular flexibility index (Phi) is 8.60. The fraction of sp³-hybridized carbons (Fsp3) is 0.647. The van der Waals surface area contributed by atoms with Gasteiger partial charge in [-0.25, -0.2) is 0 Å². The van der Waals surface area contributed by atoms with Crippen molar-refractivity contribution in [3.63, 3.8) is 0 Å². The minimum atomic E-state index is 0. The molecule has 24 heavy (non-hydrogen) atoms. The number of nitrogens with two attached hydrogens (primary N) is 1. The highest BCUT2D eigenvalue weighted by Crippen LogP contribution is 2.42. The van der Waals surface area contributed by atoms with Crippen LogP contribution in [-0.2, 0) is 4.74 Å². The van der Waals surface area contributed by atoms with Crippen molar-refractivity contribution in [3.8, 4) is 5.75 Å². The molecule has 2 aliphatic heterocycles. The molecule has 0 unspecified atom stereocenters. The largest absolute Gasteiger partial charge is 0.505 e. The van der Waals surface area contributed by atoms with E-state index in [1.165, 1.54) is 0 Å². The van der Waals surface area contributed by atoms with E-state index in [-0.39, 0.29) is 36.6 Å². The van der Waals surface area contributed by atoms with Gasteiger partial charge in [0, 0.05) is 51.0 Å². The van der Waals surface area contributed by atoms with E-state index in [9.17, 15) is 5.11 Å². The summed E-state index contributed by atoms with van der Waals surface area (Å²) in [5.41, 5.74) is 8.61. The van der Waals surface area contributed by atoms with Crippen LogP contribution in [0.3, 0.4) is 0 Å². The summed E-state index contributed by atoms with van der Waals surface area (Å²) in [5.74, 6) is 0.785. The van der Waals surface area contributed by atoms with Crippen LogP contribution < -0.4 is 11.1 Å². The van der Waals surface area contributed by atoms with Crippen molar-refractivity contribution in [3.05, 3.63) is 23.3 Å². The van der Waals surface area contributed by atoms with Gasteiger partial charge >= 0.3 is 0 Å². The van der Waals surface area contributed by atoms with E-state index in [2.05, 4.69) is 17.1 Å². The van der Waals surface area contributed by atoms with Crippen LogP contribution in [0.2, 0.25) is 0 Å². The summed E-state index contributed by atoms with van der Waals surface area (Å²) >= 11 is 0. The molecule has 3 rings (SSSR count). The predicted molar refractivity (Wildman–Crippen MR) is 102 cm³/mol. The quantitative estimate of drug-likeness (QED) is 0.557. The highest BCUT2D eigenvalue weighted by atomic mass is 35.5. The minimum Gasteiger partial charge on any atom is -0.505 e. The van der Waals surface area contributed by atoms with Crippen molar-refractivity contribution < 1.29 is 9.84 Å². The summed E-state index contributed by atoms with van der Waals surface area (Å²) in [5, 5.41) is 14.0. The van der Waals surface area contributed by atoms with Crippen molar-refractivity contribution in [1.29, 1.82) is 0 Å². The number of phenolic OH excluding ortho intramolecular Hbond substituents is 1. The number of nitrogens with one attached hydrogen (secondary N) is 1. The van der Waals surface area contributed by atoms with Gasteiger partial charge in [-0.2, -0.15) is 0 Å². The number of nitrogens with zero attached hydrogens (tertiary/aromatic N) is 1. The zero-order valence-corrected chi connectivity index (χ0v) is 15.8. The number of hydrogen-bond acceptors (Lipinski definition) is 5. The summed E-state index contributed by atoms with van der Waals surface area (Å²) in [6.07, 6.45) is 2.09. The molecule has 5 nitrogen and oxygen atoms in total. The molecular formula is C17H29Cl2N3O2. The van der Waals surface area contributed by atoms with Crippen LogP contribution in [0.4, 0.5) is 5.69 Å². The average Bonchev–Trinajstić information content (AvgIpc) is 2.57. The topological polar surface area (TPSA) is 70.8 Å². The zero-order chi connectivity index (χ0) is 15.5. The monoisotopic (exact) mass is 377 g/mol. The molecule has 138 valence electrons. The van der Waals surface area contributed by atoms with Crippen molar-refractivity contribution >= 4 is 30.5 Å². The van der Waals surface area contributed by atoms with Gasteiger partial charge in [-0.1, -0.05) is 6.07 Å². The van der Waals surface area contributed by atoms with Crippen LogP contribution in [-0.4, -0.2) is 49.4 Å². The maximum atomic E-state index is 10.6. The molecule has 1 aromatic carbocycles. The zero-order valence-electron chi connectivity index (χ0n) is 14.2. The summed E-state index contributed by atoms with van der Waals surface area (Å²) in [6.45, 7) is 7.73. The third-order valence-electron chi connectivity index (χ3n) is 5.02. The van der Waals surface area contributed by atoms with Gasteiger partial charge in [-0.15, -0.1) is 24.8 Å². The van der Waals surface area contributed by atoms with E-state index in [4.69, 9.17) is 10.5 Å². The third kappa shape index (κ3) is 4.46. The number of ether oxygens (including phenoxy) is 1. The van der Waals surface area contributed by atoms with Crippen LogP contribution in [0, 0.1) is 12.8 Å². The maximum Gasteiger partial charge on any atom is 0.143 e. The Balaban J connectivity index is 0.00000144. The molecule has 0 bridgehead atoms. The highest BCUT2D eigenvalue weighted by Gasteiger charge is 2.34. The Bertz CT molecular complexity index is 501. The summed E-state index contributed by atoms with van der Waals surface area (Å²) in [6, 6.07) is 4.06. The van der Waals surface area contributed by atoms with Gasteiger partial charge in [0.05, 0.1) is 5.69 Å². The molecule has 2 aliphatic rings. The van der Waals surface area contributed by atoms with Gasteiger partial charge in [-0.05, 0) is 37.3 Å². The average molecular weight is 378 g/mol. The SMILES string of the molecule is Cc1ccc(N)c(O)c1[C@@H](C1CCOCC1)N1CCNCC1.Cl.Cl. The van der Waals surface area contributed by atoms with E-state index in [1.54, 1.807) is 6.07 Å². The number of anilines is 1. The first kappa shape index (κ1) is 21.3. The summed E-state index contributed by atoms with van der Waals surface area (Å²) in [7, 11) is 0. The van der Waals surface area contributed by atoms with Crippen molar-refractivity contribution in [2.24, 2.45) is 5.92 Å².